The van der Waals surface area contributed by atoms with Crippen LogP contribution < -0.4 is 0 Å². The third kappa shape index (κ3) is 7.08. The van der Waals surface area contributed by atoms with Crippen molar-refractivity contribution in [3.63, 3.8) is 0 Å². The molecule has 0 unspecified atom stereocenters. The Bertz CT molecular complexity index is 1500. The third-order valence-electron chi connectivity index (χ3n) is 4.62. The van der Waals surface area contributed by atoms with Crippen molar-refractivity contribution in [3.8, 4) is 11.3 Å². The Balaban J connectivity index is 0.000000258. The fourth-order valence-electron chi connectivity index (χ4n) is 3.07. The number of aliphatic imine (C=N–C) groups is 1. The van der Waals surface area contributed by atoms with E-state index in [2.05, 4.69) is 34.3 Å². The van der Waals surface area contributed by atoms with Crippen LogP contribution in [0.4, 0.5) is 0 Å². The van der Waals surface area contributed by atoms with Crippen LogP contribution in [0.2, 0.25) is 0 Å². The van der Waals surface area contributed by atoms with Crippen molar-refractivity contribution in [2.75, 3.05) is 0 Å². The Kier molecular flexibility index (Phi) is 6.95. The van der Waals surface area contributed by atoms with E-state index in [1.807, 2.05) is 48.7 Å². The summed E-state index contributed by atoms with van der Waals surface area (Å²) >= 11 is 0. The van der Waals surface area contributed by atoms with E-state index in [9.17, 15) is 0 Å². The Morgan fingerprint density at radius 2 is 1.85 bits per heavy atom. The number of benzene rings is 2. The van der Waals surface area contributed by atoms with Crippen LogP contribution in [0.1, 0.15) is 30.8 Å². The smallest absolute Gasteiger partial charge is 0.123 e. The first-order valence-electron chi connectivity index (χ1n) is 12.7. The number of para-hydroxylation sites is 1. The first-order valence-corrected chi connectivity index (χ1v) is 10.2. The maximum atomic E-state index is 8.17. The number of nitrogens with zero attached hydrogens (tertiary/aromatic N) is 2. The second kappa shape index (κ2) is 12.6. The van der Waals surface area contributed by atoms with E-state index in [4.69, 9.17) is 11.3 Å². The molecule has 4 heteroatoms. The number of fused-ring (bicyclic) bond motifs is 1. The van der Waals surface area contributed by atoms with E-state index in [1.165, 1.54) is 6.26 Å². The second-order valence-electron chi connectivity index (χ2n) is 6.90. The van der Waals surface area contributed by atoms with Gasteiger partial charge >= 0.3 is 0 Å². The van der Waals surface area contributed by atoms with Crippen LogP contribution in [0.15, 0.2) is 113 Å². The van der Waals surface area contributed by atoms with Gasteiger partial charge in [-0.25, -0.2) is 0 Å². The van der Waals surface area contributed by atoms with Crippen LogP contribution in [0.5, 0.6) is 0 Å². The van der Waals surface area contributed by atoms with E-state index in [-0.39, 0.29) is 43.4 Å². The molecule has 3 heterocycles. The quantitative estimate of drug-likeness (QED) is 0.223. The predicted molar refractivity (Wildman–Crippen MR) is 131 cm³/mol. The first-order chi connectivity index (χ1) is 17.8. The molecule has 1 aliphatic heterocycles. The summed E-state index contributed by atoms with van der Waals surface area (Å²) < 4.78 is 44.0. The maximum Gasteiger partial charge on any atom is 0.123 e. The largest absolute Gasteiger partial charge is 0.475 e. The number of hydrogen-bond donors (Lipinski definition) is 0. The number of aryl methyl sites for hydroxylation is 1. The zero-order chi connectivity index (χ0) is 26.3. The van der Waals surface area contributed by atoms with Crippen molar-refractivity contribution >= 4 is 16.7 Å². The van der Waals surface area contributed by atoms with E-state index in [0.29, 0.717) is 11.1 Å². The normalized spacial score (nSPS) is 14.5. The van der Waals surface area contributed by atoms with Crippen molar-refractivity contribution in [1.82, 2.24) is 4.98 Å². The van der Waals surface area contributed by atoms with Gasteiger partial charge in [-0.05, 0) is 48.1 Å². The number of allylic oxidation sites excluding steroid dienone is 1. The monoisotopic (exact) mass is 614 g/mol. The zero-order valence-electron chi connectivity index (χ0n) is 22.7. The molecule has 0 aliphatic carbocycles. The van der Waals surface area contributed by atoms with E-state index in [0.717, 1.165) is 35.7 Å². The van der Waals surface area contributed by atoms with Crippen molar-refractivity contribution in [2.24, 2.45) is 4.99 Å². The number of rotatable bonds is 2. The predicted octanol–water partition coefficient (Wildman–Crippen LogP) is 7.31. The van der Waals surface area contributed by atoms with Crippen molar-refractivity contribution in [1.29, 1.82) is 0 Å². The van der Waals surface area contributed by atoms with Gasteiger partial charge in [-0.15, -0.1) is 59.7 Å². The minimum atomic E-state index is -2.48. The van der Waals surface area contributed by atoms with Gasteiger partial charge in [0, 0.05) is 36.6 Å². The van der Waals surface area contributed by atoms with E-state index < -0.39 is 6.85 Å². The molecule has 0 fully saturated rings. The molecule has 3 nitrogen and oxygen atoms in total. The van der Waals surface area contributed by atoms with Gasteiger partial charge in [-0.2, -0.15) is 0 Å². The van der Waals surface area contributed by atoms with Crippen LogP contribution in [-0.2, 0) is 20.1 Å². The molecule has 0 spiro atoms. The molecule has 0 saturated carbocycles. The summed E-state index contributed by atoms with van der Waals surface area (Å²) in [7, 11) is 0. The minimum absolute atomic E-state index is 0. The summed E-state index contributed by atoms with van der Waals surface area (Å²) in [6.07, 6.45) is 8.76. The topological polar surface area (TPSA) is 38.4 Å². The summed E-state index contributed by atoms with van der Waals surface area (Å²) in [6, 6.07) is 25.9. The molecule has 2 aromatic carbocycles. The standard InChI is InChI=1S/C18H14NO.C11H10N.Ir/c1-14-9-10-17(19-13-14)15-6-4-5-11-20-18-8-3-2-7-16(18)12-15;1-2-6-10(7-3-1)11-8-4-5-9-12-11;/h2-5,7-13H,1H3;1-3,5-6,9H,4,8H2;/q2*-1;/i1D3,9D,10D;;. The average Bonchev–Trinajstić information content (AvgIpc) is 3.01. The summed E-state index contributed by atoms with van der Waals surface area (Å²) in [6.45, 7) is -2.48. The van der Waals surface area contributed by atoms with Gasteiger partial charge in [0.2, 0.25) is 0 Å². The summed E-state index contributed by atoms with van der Waals surface area (Å²) in [5, 5.41) is 0.762. The van der Waals surface area contributed by atoms with Crippen LogP contribution in [0.3, 0.4) is 0 Å². The molecule has 167 valence electrons. The molecule has 0 atom stereocenters. The molecule has 33 heavy (non-hydrogen) atoms. The Labute approximate surface area is 215 Å². The number of aromatic nitrogens is 1. The minimum Gasteiger partial charge on any atom is -0.475 e. The molecular formula is C29H24IrN2O-2. The average molecular weight is 614 g/mol. The van der Waals surface area contributed by atoms with Crippen molar-refractivity contribution in [3.05, 3.63) is 127 Å². The molecule has 0 saturated heterocycles. The van der Waals surface area contributed by atoms with E-state index >= 15 is 0 Å². The molecule has 0 N–H and O–H groups in total. The fourth-order valence-corrected chi connectivity index (χ4v) is 3.07. The van der Waals surface area contributed by atoms with Crippen LogP contribution in [-0.4, -0.2) is 10.7 Å². The van der Waals surface area contributed by atoms with Gasteiger partial charge in [0.05, 0.1) is 9.00 Å². The van der Waals surface area contributed by atoms with Gasteiger partial charge < -0.3 is 14.4 Å². The third-order valence-corrected chi connectivity index (χ3v) is 4.62. The summed E-state index contributed by atoms with van der Waals surface area (Å²) in [5.74, 6) is 0. The molecule has 4 aromatic rings. The zero-order valence-corrected chi connectivity index (χ0v) is 20.1. The van der Waals surface area contributed by atoms with Crippen LogP contribution >= 0.6 is 0 Å². The second-order valence-corrected chi connectivity index (χ2v) is 6.90. The fraction of sp³-hybridized carbons (Fsp3) is 0.103. The molecular weight excluding hydrogens is 585 g/mol. The number of pyridine rings is 1. The van der Waals surface area contributed by atoms with Crippen molar-refractivity contribution in [2.45, 2.75) is 19.7 Å². The van der Waals surface area contributed by atoms with Gasteiger partial charge in [0.15, 0.2) is 0 Å². The van der Waals surface area contributed by atoms with Crippen molar-refractivity contribution < 1.29 is 31.4 Å². The van der Waals surface area contributed by atoms with Gasteiger partial charge in [-0.1, -0.05) is 42.4 Å². The van der Waals surface area contributed by atoms with E-state index in [1.54, 1.807) is 18.2 Å². The maximum absolute atomic E-state index is 8.17. The van der Waals surface area contributed by atoms with Crippen LogP contribution in [0, 0.1) is 19.0 Å². The van der Waals surface area contributed by atoms with Gasteiger partial charge in [-0.3, -0.25) is 0 Å². The van der Waals surface area contributed by atoms with Gasteiger partial charge in [0.25, 0.3) is 0 Å². The molecule has 0 amide bonds. The summed E-state index contributed by atoms with van der Waals surface area (Å²) in [5.41, 5.74) is 3.33. The molecule has 0 bridgehead atoms. The molecule has 1 radical (unpaired) electrons. The SMILES string of the molecule is [2H]c1c(C([2H])([2H])[2H])cnc(-c2[c-]cccoc3ccccc3c2)c1[2H].[Ir].[c-]1ccccc1C1=NC=CCC1. The Morgan fingerprint density at radius 3 is 2.67 bits per heavy atom. The van der Waals surface area contributed by atoms with Gasteiger partial charge in [0.1, 0.15) is 5.58 Å². The van der Waals surface area contributed by atoms with Crippen LogP contribution in [0.25, 0.3) is 22.2 Å². The molecule has 2 aromatic heterocycles. The Hall–Kier alpha value is -3.33. The molecule has 5 rings (SSSR count). The Morgan fingerprint density at radius 1 is 1.00 bits per heavy atom. The first kappa shape index (κ1) is 18.1. The number of hydrogen-bond acceptors (Lipinski definition) is 3. The summed E-state index contributed by atoms with van der Waals surface area (Å²) in [4.78, 5) is 8.43. The molecule has 1 aliphatic rings.